The van der Waals surface area contributed by atoms with Gasteiger partial charge in [0.2, 0.25) is 0 Å². The predicted molar refractivity (Wildman–Crippen MR) is 81.0 cm³/mol. The smallest absolute Gasteiger partial charge is 0.115 e. The van der Waals surface area contributed by atoms with Crippen molar-refractivity contribution in [3.05, 3.63) is 59.1 Å². The van der Waals surface area contributed by atoms with E-state index in [4.69, 9.17) is 11.6 Å². The van der Waals surface area contributed by atoms with Crippen molar-refractivity contribution >= 4 is 17.3 Å². The topological polar surface area (TPSA) is 32.3 Å². The van der Waals surface area contributed by atoms with Crippen molar-refractivity contribution in [3.63, 3.8) is 0 Å². The van der Waals surface area contributed by atoms with E-state index in [0.29, 0.717) is 11.8 Å². The summed E-state index contributed by atoms with van der Waals surface area (Å²) < 4.78 is 0. The second-order valence-electron chi connectivity index (χ2n) is 4.73. The summed E-state index contributed by atoms with van der Waals surface area (Å²) in [4.78, 5) is 0. The van der Waals surface area contributed by atoms with Gasteiger partial charge in [-0.15, -0.1) is 0 Å². The fraction of sp³-hybridized carbons (Fsp3) is 0.250. The van der Waals surface area contributed by atoms with Crippen LogP contribution in [0.4, 0.5) is 5.69 Å². The molecular formula is C16H18ClNO. The quantitative estimate of drug-likeness (QED) is 0.843. The molecule has 0 radical (unpaired) electrons. The molecule has 0 spiro atoms. The van der Waals surface area contributed by atoms with Crippen LogP contribution in [0.2, 0.25) is 5.02 Å². The summed E-state index contributed by atoms with van der Waals surface area (Å²) >= 11 is 6.11. The van der Waals surface area contributed by atoms with Gasteiger partial charge in [-0.2, -0.15) is 0 Å². The molecule has 0 amide bonds. The van der Waals surface area contributed by atoms with Crippen LogP contribution in [0.15, 0.2) is 48.5 Å². The molecule has 0 bridgehead atoms. The molecule has 1 atom stereocenters. The number of phenols is 1. The number of para-hydroxylation sites is 1. The molecule has 0 saturated heterocycles. The first-order valence-corrected chi connectivity index (χ1v) is 6.82. The zero-order valence-electron chi connectivity index (χ0n) is 10.9. The summed E-state index contributed by atoms with van der Waals surface area (Å²) in [6.45, 7) is 2.14. The molecule has 1 unspecified atom stereocenters. The van der Waals surface area contributed by atoms with Crippen LogP contribution < -0.4 is 5.32 Å². The van der Waals surface area contributed by atoms with Crippen LogP contribution in [0, 0.1) is 0 Å². The molecule has 0 aliphatic rings. The first-order valence-electron chi connectivity index (χ1n) is 6.44. The van der Waals surface area contributed by atoms with Gasteiger partial charge in [0.05, 0.1) is 10.7 Å². The lowest BCUT2D eigenvalue weighted by Gasteiger charge is -2.16. The maximum absolute atomic E-state index is 9.23. The first kappa shape index (κ1) is 13.8. The van der Waals surface area contributed by atoms with Crippen LogP contribution in [0.1, 0.15) is 18.9 Å². The highest BCUT2D eigenvalue weighted by Gasteiger charge is 2.05. The molecule has 0 heterocycles. The predicted octanol–water partition coefficient (Wildman–Crippen LogP) is 4.48. The molecule has 2 aromatic rings. The molecule has 19 heavy (non-hydrogen) atoms. The van der Waals surface area contributed by atoms with Crippen LogP contribution in [0.3, 0.4) is 0 Å². The first-order chi connectivity index (χ1) is 9.15. The number of phenolic OH excluding ortho intramolecular Hbond substituents is 1. The minimum absolute atomic E-state index is 0.311. The number of halogens is 1. The number of aromatic hydroxyl groups is 1. The third-order valence-corrected chi connectivity index (χ3v) is 3.41. The lowest BCUT2D eigenvalue weighted by atomic mass is 10.1. The van der Waals surface area contributed by atoms with Crippen molar-refractivity contribution in [2.45, 2.75) is 25.8 Å². The molecule has 3 heteroatoms. The number of rotatable bonds is 5. The van der Waals surface area contributed by atoms with E-state index >= 15 is 0 Å². The number of hydrogen-bond donors (Lipinski definition) is 2. The Kier molecular flexibility index (Phi) is 4.69. The van der Waals surface area contributed by atoms with Crippen LogP contribution in [0.25, 0.3) is 0 Å². The normalized spacial score (nSPS) is 12.1. The second kappa shape index (κ2) is 6.48. The molecule has 0 fully saturated rings. The molecule has 100 valence electrons. The van der Waals surface area contributed by atoms with E-state index < -0.39 is 0 Å². The maximum Gasteiger partial charge on any atom is 0.115 e. The van der Waals surface area contributed by atoms with Gasteiger partial charge in [0.1, 0.15) is 5.75 Å². The molecule has 2 N–H and O–H groups in total. The summed E-state index contributed by atoms with van der Waals surface area (Å²) in [5.41, 5.74) is 2.20. The van der Waals surface area contributed by atoms with E-state index in [-0.39, 0.29) is 0 Å². The Morgan fingerprint density at radius 2 is 1.79 bits per heavy atom. The van der Waals surface area contributed by atoms with Crippen molar-refractivity contribution < 1.29 is 5.11 Å². The molecule has 2 rings (SSSR count). The third-order valence-electron chi connectivity index (χ3n) is 3.08. The van der Waals surface area contributed by atoms with Crippen molar-refractivity contribution in [1.82, 2.24) is 0 Å². The lowest BCUT2D eigenvalue weighted by molar-refractivity contribution is 0.475. The third kappa shape index (κ3) is 4.18. The van der Waals surface area contributed by atoms with Gasteiger partial charge in [0.25, 0.3) is 0 Å². The van der Waals surface area contributed by atoms with Gasteiger partial charge in [-0.3, -0.25) is 0 Å². The molecule has 0 aliphatic carbocycles. The van der Waals surface area contributed by atoms with Gasteiger partial charge in [-0.1, -0.05) is 35.9 Å². The standard InChI is InChI=1S/C16H18ClNO/c1-12(18-16-5-3-2-4-15(16)17)6-7-13-8-10-14(19)11-9-13/h2-5,8-12,18-19H,6-7H2,1H3. The Hall–Kier alpha value is -1.67. The molecular weight excluding hydrogens is 258 g/mol. The minimum atomic E-state index is 0.311. The summed E-state index contributed by atoms with van der Waals surface area (Å²) in [6, 6.07) is 15.5. The van der Waals surface area contributed by atoms with Gasteiger partial charge < -0.3 is 10.4 Å². The van der Waals surface area contributed by atoms with Gasteiger partial charge in [0, 0.05) is 6.04 Å². The second-order valence-corrected chi connectivity index (χ2v) is 5.14. The van der Waals surface area contributed by atoms with Gasteiger partial charge in [-0.25, -0.2) is 0 Å². The fourth-order valence-corrected chi connectivity index (χ4v) is 2.15. The van der Waals surface area contributed by atoms with Crippen LogP contribution in [-0.4, -0.2) is 11.1 Å². The van der Waals surface area contributed by atoms with E-state index in [0.717, 1.165) is 23.6 Å². The van der Waals surface area contributed by atoms with Crippen molar-refractivity contribution in [2.24, 2.45) is 0 Å². The summed E-state index contributed by atoms with van der Waals surface area (Å²) in [5.74, 6) is 0.311. The number of aryl methyl sites for hydroxylation is 1. The highest BCUT2D eigenvalue weighted by molar-refractivity contribution is 6.33. The number of hydrogen-bond acceptors (Lipinski definition) is 2. The van der Waals surface area contributed by atoms with Crippen LogP contribution in [0.5, 0.6) is 5.75 Å². The molecule has 0 aromatic heterocycles. The number of nitrogens with one attached hydrogen (secondary N) is 1. The van der Waals surface area contributed by atoms with Gasteiger partial charge in [-0.05, 0) is 49.6 Å². The Labute approximate surface area is 119 Å². The lowest BCUT2D eigenvalue weighted by Crippen LogP contribution is -2.16. The minimum Gasteiger partial charge on any atom is -0.508 e. The van der Waals surface area contributed by atoms with Crippen molar-refractivity contribution in [2.75, 3.05) is 5.32 Å². The fourth-order valence-electron chi connectivity index (χ4n) is 1.96. The van der Waals surface area contributed by atoms with Crippen LogP contribution in [-0.2, 0) is 6.42 Å². The maximum atomic E-state index is 9.23. The zero-order valence-corrected chi connectivity index (χ0v) is 11.7. The molecule has 2 aromatic carbocycles. The Bertz CT molecular complexity index is 525. The van der Waals surface area contributed by atoms with Crippen LogP contribution >= 0.6 is 11.6 Å². The zero-order chi connectivity index (χ0) is 13.7. The Balaban J connectivity index is 1.86. The SMILES string of the molecule is CC(CCc1ccc(O)cc1)Nc1ccccc1Cl. The highest BCUT2D eigenvalue weighted by Crippen LogP contribution is 2.22. The van der Waals surface area contributed by atoms with E-state index in [1.807, 2.05) is 36.4 Å². The number of anilines is 1. The average Bonchev–Trinajstić information content (AvgIpc) is 2.41. The molecule has 2 nitrogen and oxygen atoms in total. The Morgan fingerprint density at radius 3 is 2.47 bits per heavy atom. The number of benzene rings is 2. The summed E-state index contributed by atoms with van der Waals surface area (Å²) in [7, 11) is 0. The average molecular weight is 276 g/mol. The monoisotopic (exact) mass is 275 g/mol. The van der Waals surface area contributed by atoms with Gasteiger partial charge >= 0.3 is 0 Å². The van der Waals surface area contributed by atoms with E-state index in [1.54, 1.807) is 12.1 Å². The van der Waals surface area contributed by atoms with E-state index in [2.05, 4.69) is 12.2 Å². The van der Waals surface area contributed by atoms with E-state index in [1.165, 1.54) is 5.56 Å². The van der Waals surface area contributed by atoms with Crippen molar-refractivity contribution in [3.8, 4) is 5.75 Å². The Morgan fingerprint density at radius 1 is 1.11 bits per heavy atom. The summed E-state index contributed by atoms with van der Waals surface area (Å²) in [5, 5.41) is 13.4. The van der Waals surface area contributed by atoms with Crippen molar-refractivity contribution in [1.29, 1.82) is 0 Å². The van der Waals surface area contributed by atoms with E-state index in [9.17, 15) is 5.11 Å². The molecule has 0 saturated carbocycles. The summed E-state index contributed by atoms with van der Waals surface area (Å²) in [6.07, 6.45) is 1.98. The molecule has 0 aliphatic heterocycles. The largest absolute Gasteiger partial charge is 0.508 e. The highest BCUT2D eigenvalue weighted by atomic mass is 35.5. The van der Waals surface area contributed by atoms with Gasteiger partial charge in [0.15, 0.2) is 0 Å².